The van der Waals surface area contributed by atoms with Crippen molar-refractivity contribution in [1.29, 1.82) is 0 Å². The van der Waals surface area contributed by atoms with Crippen LogP contribution in [0.15, 0.2) is 42.7 Å². The quantitative estimate of drug-likeness (QED) is 0.623. The van der Waals surface area contributed by atoms with Gasteiger partial charge in [-0.15, -0.1) is 0 Å². The normalized spacial score (nSPS) is 10.2. The molecular weight excluding hydrogens is 214 g/mol. The van der Waals surface area contributed by atoms with E-state index in [1.807, 2.05) is 19.1 Å². The SMILES string of the molecule is Cc1ccc(CNc2c[n+]([O-])ccc2N)cc1. The minimum absolute atomic E-state index is 0.573. The van der Waals surface area contributed by atoms with Crippen LogP contribution in [0.25, 0.3) is 0 Å². The number of rotatable bonds is 3. The summed E-state index contributed by atoms with van der Waals surface area (Å²) in [6.45, 7) is 2.70. The molecule has 0 atom stereocenters. The number of nitrogen functional groups attached to an aromatic ring is 1. The van der Waals surface area contributed by atoms with Gasteiger partial charge in [-0.3, -0.25) is 0 Å². The van der Waals surface area contributed by atoms with Crippen molar-refractivity contribution < 1.29 is 4.73 Å². The Morgan fingerprint density at radius 3 is 2.65 bits per heavy atom. The Balaban J connectivity index is 2.07. The predicted octanol–water partition coefficient (Wildman–Crippen LogP) is 1.82. The third kappa shape index (κ3) is 2.87. The van der Waals surface area contributed by atoms with E-state index in [9.17, 15) is 5.21 Å². The van der Waals surface area contributed by atoms with Gasteiger partial charge in [-0.1, -0.05) is 29.8 Å². The standard InChI is InChI=1S/C13H15N3O/c1-10-2-4-11(5-3-10)8-15-13-9-16(17)7-6-12(13)14/h2-7,9,15H,8,14H2,1H3. The Morgan fingerprint density at radius 2 is 1.94 bits per heavy atom. The number of benzene rings is 1. The van der Waals surface area contributed by atoms with Crippen LogP contribution < -0.4 is 15.8 Å². The Labute approximate surface area is 100 Å². The highest BCUT2D eigenvalue weighted by Crippen LogP contribution is 2.15. The fraction of sp³-hybridized carbons (Fsp3) is 0.154. The molecule has 0 unspecified atom stereocenters. The van der Waals surface area contributed by atoms with Crippen molar-refractivity contribution in [2.24, 2.45) is 0 Å². The Kier molecular flexibility index (Phi) is 3.14. The van der Waals surface area contributed by atoms with Gasteiger partial charge in [-0.25, -0.2) is 0 Å². The molecule has 0 aliphatic heterocycles. The molecule has 17 heavy (non-hydrogen) atoms. The molecule has 1 aromatic heterocycles. The minimum atomic E-state index is 0.573. The van der Waals surface area contributed by atoms with Crippen molar-refractivity contribution in [3.05, 3.63) is 59.1 Å². The monoisotopic (exact) mass is 229 g/mol. The van der Waals surface area contributed by atoms with Gasteiger partial charge in [-0.2, -0.15) is 4.73 Å². The topological polar surface area (TPSA) is 65.0 Å². The Hall–Kier alpha value is -2.23. The van der Waals surface area contributed by atoms with Crippen molar-refractivity contribution in [2.75, 3.05) is 11.1 Å². The Morgan fingerprint density at radius 1 is 1.24 bits per heavy atom. The van der Waals surface area contributed by atoms with Gasteiger partial charge < -0.3 is 16.3 Å². The lowest BCUT2D eigenvalue weighted by Crippen LogP contribution is -2.25. The van der Waals surface area contributed by atoms with Crippen molar-refractivity contribution in [3.63, 3.8) is 0 Å². The largest absolute Gasteiger partial charge is 0.619 e. The number of nitrogens with zero attached hydrogens (tertiary/aromatic N) is 1. The molecule has 1 heterocycles. The minimum Gasteiger partial charge on any atom is -0.619 e. The van der Waals surface area contributed by atoms with Gasteiger partial charge in [0.15, 0.2) is 6.20 Å². The second kappa shape index (κ2) is 4.74. The molecule has 1 aromatic carbocycles. The third-order valence-electron chi connectivity index (χ3n) is 2.57. The van der Waals surface area contributed by atoms with Crippen LogP contribution >= 0.6 is 0 Å². The number of nitrogens with one attached hydrogen (secondary N) is 1. The Bertz CT molecular complexity index is 509. The molecule has 2 aromatic rings. The number of hydrogen-bond donors (Lipinski definition) is 2. The van der Waals surface area contributed by atoms with Crippen molar-refractivity contribution >= 4 is 11.4 Å². The number of aryl methyl sites for hydroxylation is 1. The molecule has 2 rings (SSSR count). The van der Waals surface area contributed by atoms with E-state index in [0.29, 0.717) is 17.9 Å². The van der Waals surface area contributed by atoms with Gasteiger partial charge in [0.2, 0.25) is 6.20 Å². The summed E-state index contributed by atoms with van der Waals surface area (Å²) < 4.78 is 0.730. The maximum atomic E-state index is 11.1. The molecule has 0 radical (unpaired) electrons. The van der Waals surface area contributed by atoms with Gasteiger partial charge >= 0.3 is 0 Å². The average Bonchev–Trinajstić information content (AvgIpc) is 2.32. The van der Waals surface area contributed by atoms with Crippen LogP contribution in [0.4, 0.5) is 11.4 Å². The molecule has 4 nitrogen and oxygen atoms in total. The zero-order chi connectivity index (χ0) is 12.3. The zero-order valence-electron chi connectivity index (χ0n) is 9.68. The van der Waals surface area contributed by atoms with Crippen molar-refractivity contribution in [2.45, 2.75) is 13.5 Å². The lowest BCUT2D eigenvalue weighted by molar-refractivity contribution is -0.604. The lowest BCUT2D eigenvalue weighted by atomic mass is 10.1. The molecule has 3 N–H and O–H groups in total. The average molecular weight is 229 g/mol. The molecule has 0 fully saturated rings. The first-order chi connectivity index (χ1) is 8.15. The number of anilines is 2. The first kappa shape index (κ1) is 11.3. The van der Waals surface area contributed by atoms with E-state index in [1.165, 1.54) is 18.0 Å². The maximum Gasteiger partial charge on any atom is 0.205 e. The first-order valence-corrected chi connectivity index (χ1v) is 5.43. The molecule has 88 valence electrons. The highest BCUT2D eigenvalue weighted by Gasteiger charge is 2.02. The van der Waals surface area contributed by atoms with Crippen LogP contribution in [0.5, 0.6) is 0 Å². The third-order valence-corrected chi connectivity index (χ3v) is 2.57. The number of aromatic nitrogens is 1. The van der Waals surface area contributed by atoms with Crippen LogP contribution in [-0.4, -0.2) is 0 Å². The van der Waals surface area contributed by atoms with Crippen LogP contribution in [0, 0.1) is 12.1 Å². The van der Waals surface area contributed by atoms with Crippen LogP contribution in [0.2, 0.25) is 0 Å². The van der Waals surface area contributed by atoms with E-state index < -0.39 is 0 Å². The first-order valence-electron chi connectivity index (χ1n) is 5.43. The summed E-state index contributed by atoms with van der Waals surface area (Å²) in [7, 11) is 0. The summed E-state index contributed by atoms with van der Waals surface area (Å²) in [5.41, 5.74) is 9.37. The molecule has 0 bridgehead atoms. The molecule has 0 amide bonds. The van der Waals surface area contributed by atoms with Gasteiger partial charge in [0.05, 0.1) is 5.69 Å². The van der Waals surface area contributed by atoms with Gasteiger partial charge in [0, 0.05) is 12.6 Å². The summed E-state index contributed by atoms with van der Waals surface area (Å²) >= 11 is 0. The predicted molar refractivity (Wildman–Crippen MR) is 68.3 cm³/mol. The number of nitrogens with two attached hydrogens (primary N) is 1. The summed E-state index contributed by atoms with van der Waals surface area (Å²) in [5.74, 6) is 0. The number of pyridine rings is 1. The van der Waals surface area contributed by atoms with Gasteiger partial charge in [0.1, 0.15) is 5.69 Å². The summed E-state index contributed by atoms with van der Waals surface area (Å²) in [4.78, 5) is 0. The lowest BCUT2D eigenvalue weighted by Gasteiger charge is -2.08. The van der Waals surface area contributed by atoms with E-state index in [4.69, 9.17) is 5.73 Å². The highest BCUT2D eigenvalue weighted by molar-refractivity contribution is 5.63. The molecule has 0 saturated heterocycles. The second-order valence-electron chi connectivity index (χ2n) is 4.01. The van der Waals surface area contributed by atoms with Crippen molar-refractivity contribution in [3.8, 4) is 0 Å². The molecular formula is C13H15N3O. The second-order valence-corrected chi connectivity index (χ2v) is 4.01. The fourth-order valence-corrected chi connectivity index (χ4v) is 1.54. The fourth-order valence-electron chi connectivity index (χ4n) is 1.54. The summed E-state index contributed by atoms with van der Waals surface area (Å²) in [5, 5.41) is 14.3. The van der Waals surface area contributed by atoms with Gasteiger partial charge in [0.25, 0.3) is 0 Å². The summed E-state index contributed by atoms with van der Waals surface area (Å²) in [6.07, 6.45) is 2.82. The van der Waals surface area contributed by atoms with E-state index in [-0.39, 0.29) is 0 Å². The molecule has 0 spiro atoms. The number of hydrogen-bond acceptors (Lipinski definition) is 3. The maximum absolute atomic E-state index is 11.1. The molecule has 0 aliphatic carbocycles. The van der Waals surface area contributed by atoms with Crippen LogP contribution in [-0.2, 0) is 6.54 Å². The van der Waals surface area contributed by atoms with E-state index >= 15 is 0 Å². The van der Waals surface area contributed by atoms with Crippen molar-refractivity contribution in [1.82, 2.24) is 0 Å². The van der Waals surface area contributed by atoms with Crippen LogP contribution in [0.1, 0.15) is 11.1 Å². The molecule has 4 heteroatoms. The zero-order valence-corrected chi connectivity index (χ0v) is 9.68. The molecule has 0 saturated carbocycles. The summed E-state index contributed by atoms with van der Waals surface area (Å²) in [6, 6.07) is 9.79. The van der Waals surface area contributed by atoms with E-state index in [1.54, 1.807) is 6.07 Å². The van der Waals surface area contributed by atoms with E-state index in [0.717, 1.165) is 10.3 Å². The van der Waals surface area contributed by atoms with Crippen LogP contribution in [0.3, 0.4) is 0 Å². The highest BCUT2D eigenvalue weighted by atomic mass is 16.5. The van der Waals surface area contributed by atoms with E-state index in [2.05, 4.69) is 17.4 Å². The van der Waals surface area contributed by atoms with Gasteiger partial charge in [-0.05, 0) is 12.5 Å². The molecule has 0 aliphatic rings. The smallest absolute Gasteiger partial charge is 0.205 e.